The van der Waals surface area contributed by atoms with E-state index in [1.54, 1.807) is 12.3 Å². The Morgan fingerprint density at radius 1 is 1.35 bits per heavy atom. The van der Waals surface area contributed by atoms with Gasteiger partial charge in [0, 0.05) is 17.8 Å². The summed E-state index contributed by atoms with van der Waals surface area (Å²) in [6, 6.07) is 8.08. The van der Waals surface area contributed by atoms with Crippen LogP contribution in [-0.4, -0.2) is 4.98 Å². The maximum absolute atomic E-state index is 12.9. The molecule has 5 heteroatoms. The number of aromatic nitrogens is 1. The van der Waals surface area contributed by atoms with Crippen molar-refractivity contribution in [2.75, 3.05) is 5.32 Å². The lowest BCUT2D eigenvalue weighted by Crippen LogP contribution is -2.01. The summed E-state index contributed by atoms with van der Waals surface area (Å²) in [7, 11) is 0. The van der Waals surface area contributed by atoms with Gasteiger partial charge in [-0.3, -0.25) is 0 Å². The molecule has 0 fully saturated rings. The molecule has 0 aliphatic heterocycles. The van der Waals surface area contributed by atoms with Crippen LogP contribution >= 0.6 is 27.5 Å². The molecule has 2 nitrogen and oxygen atoms in total. The standard InChI is InChI=1S/C12H9BrClFN2/c13-12-11(2-1-5-16-12)17-7-8-3-4-9(15)6-10(8)14/h1-6,17H,7H2. The Bertz CT molecular complexity index is 534. The predicted octanol–water partition coefficient (Wildman–Crippen LogP) is 4.25. The van der Waals surface area contributed by atoms with E-state index in [0.29, 0.717) is 11.6 Å². The molecule has 0 saturated carbocycles. The first-order chi connectivity index (χ1) is 8.16. The van der Waals surface area contributed by atoms with Crippen LogP contribution in [0.15, 0.2) is 41.1 Å². The quantitative estimate of drug-likeness (QED) is 0.857. The molecule has 88 valence electrons. The van der Waals surface area contributed by atoms with E-state index in [1.807, 2.05) is 12.1 Å². The van der Waals surface area contributed by atoms with Gasteiger partial charge in [-0.25, -0.2) is 9.37 Å². The highest BCUT2D eigenvalue weighted by Crippen LogP contribution is 2.22. The number of hydrogen-bond donors (Lipinski definition) is 1. The molecule has 2 rings (SSSR count). The van der Waals surface area contributed by atoms with Crippen molar-refractivity contribution in [3.63, 3.8) is 0 Å². The average molecular weight is 316 g/mol. The lowest BCUT2D eigenvalue weighted by atomic mass is 10.2. The van der Waals surface area contributed by atoms with Crippen LogP contribution in [0.4, 0.5) is 10.1 Å². The van der Waals surface area contributed by atoms with Gasteiger partial charge >= 0.3 is 0 Å². The highest BCUT2D eigenvalue weighted by atomic mass is 79.9. The maximum atomic E-state index is 12.9. The summed E-state index contributed by atoms with van der Waals surface area (Å²) in [5, 5.41) is 3.59. The number of halogens is 3. The van der Waals surface area contributed by atoms with Crippen molar-refractivity contribution in [1.82, 2.24) is 4.98 Å². The predicted molar refractivity (Wildman–Crippen MR) is 70.7 cm³/mol. The van der Waals surface area contributed by atoms with Gasteiger partial charge in [0.05, 0.1) is 5.69 Å². The molecular formula is C12H9BrClFN2. The second-order valence-electron chi connectivity index (χ2n) is 3.43. The minimum atomic E-state index is -0.332. The topological polar surface area (TPSA) is 24.9 Å². The number of hydrogen-bond acceptors (Lipinski definition) is 2. The molecule has 1 N–H and O–H groups in total. The molecule has 0 radical (unpaired) electrons. The zero-order chi connectivity index (χ0) is 12.3. The monoisotopic (exact) mass is 314 g/mol. The first kappa shape index (κ1) is 12.3. The second kappa shape index (κ2) is 5.47. The molecule has 1 aromatic heterocycles. The molecule has 1 heterocycles. The van der Waals surface area contributed by atoms with Crippen molar-refractivity contribution in [2.24, 2.45) is 0 Å². The third-order valence-electron chi connectivity index (χ3n) is 2.24. The first-order valence-electron chi connectivity index (χ1n) is 4.95. The highest BCUT2D eigenvalue weighted by molar-refractivity contribution is 9.10. The maximum Gasteiger partial charge on any atom is 0.129 e. The fourth-order valence-corrected chi connectivity index (χ4v) is 2.00. The molecule has 0 aliphatic rings. The van der Waals surface area contributed by atoms with Gasteiger partial charge in [0.25, 0.3) is 0 Å². The van der Waals surface area contributed by atoms with E-state index in [-0.39, 0.29) is 5.82 Å². The Morgan fingerprint density at radius 3 is 2.88 bits per heavy atom. The van der Waals surface area contributed by atoms with Gasteiger partial charge in [-0.15, -0.1) is 0 Å². The van der Waals surface area contributed by atoms with Crippen LogP contribution in [0.1, 0.15) is 5.56 Å². The number of pyridine rings is 1. The summed E-state index contributed by atoms with van der Waals surface area (Å²) in [5.74, 6) is -0.332. The van der Waals surface area contributed by atoms with Crippen molar-refractivity contribution in [1.29, 1.82) is 0 Å². The van der Waals surface area contributed by atoms with E-state index in [9.17, 15) is 4.39 Å². The van der Waals surface area contributed by atoms with E-state index in [2.05, 4.69) is 26.2 Å². The Kier molecular flexibility index (Phi) is 3.97. The molecule has 0 aliphatic carbocycles. The lowest BCUT2D eigenvalue weighted by Gasteiger charge is -2.09. The number of nitrogens with zero attached hydrogens (tertiary/aromatic N) is 1. The number of anilines is 1. The fourth-order valence-electron chi connectivity index (χ4n) is 1.37. The van der Waals surface area contributed by atoms with E-state index >= 15 is 0 Å². The van der Waals surface area contributed by atoms with Crippen molar-refractivity contribution in [3.05, 3.63) is 57.5 Å². The Labute approximate surface area is 112 Å². The summed E-state index contributed by atoms with van der Waals surface area (Å²) >= 11 is 9.26. The number of nitrogens with one attached hydrogen (secondary N) is 1. The van der Waals surface area contributed by atoms with Crippen LogP contribution < -0.4 is 5.32 Å². The van der Waals surface area contributed by atoms with Gasteiger partial charge in [0.1, 0.15) is 10.4 Å². The normalized spacial score (nSPS) is 10.3. The zero-order valence-corrected chi connectivity index (χ0v) is 11.1. The van der Waals surface area contributed by atoms with Crippen LogP contribution in [0.2, 0.25) is 5.02 Å². The summed E-state index contributed by atoms with van der Waals surface area (Å²) in [6.07, 6.45) is 1.69. The minimum absolute atomic E-state index is 0.332. The lowest BCUT2D eigenvalue weighted by molar-refractivity contribution is 0.627. The molecular weight excluding hydrogens is 307 g/mol. The Morgan fingerprint density at radius 2 is 2.18 bits per heavy atom. The van der Waals surface area contributed by atoms with E-state index in [4.69, 9.17) is 11.6 Å². The van der Waals surface area contributed by atoms with Crippen molar-refractivity contribution in [3.8, 4) is 0 Å². The summed E-state index contributed by atoms with van der Waals surface area (Å²) < 4.78 is 13.6. The summed E-state index contributed by atoms with van der Waals surface area (Å²) in [6.45, 7) is 0.517. The largest absolute Gasteiger partial charge is 0.379 e. The SMILES string of the molecule is Fc1ccc(CNc2cccnc2Br)c(Cl)c1. The van der Waals surface area contributed by atoms with Gasteiger partial charge in [0.2, 0.25) is 0 Å². The molecule has 0 bridgehead atoms. The number of benzene rings is 1. The first-order valence-corrected chi connectivity index (χ1v) is 6.12. The molecule has 0 unspecified atom stereocenters. The third kappa shape index (κ3) is 3.17. The highest BCUT2D eigenvalue weighted by Gasteiger charge is 2.03. The van der Waals surface area contributed by atoms with Crippen LogP contribution in [0.5, 0.6) is 0 Å². The zero-order valence-electron chi connectivity index (χ0n) is 8.75. The van der Waals surface area contributed by atoms with Gasteiger partial charge < -0.3 is 5.32 Å². The second-order valence-corrected chi connectivity index (χ2v) is 4.59. The van der Waals surface area contributed by atoms with Crippen molar-refractivity contribution < 1.29 is 4.39 Å². The molecule has 0 atom stereocenters. The molecule has 0 amide bonds. The van der Waals surface area contributed by atoms with Gasteiger partial charge in [-0.1, -0.05) is 17.7 Å². The number of rotatable bonds is 3. The summed E-state index contributed by atoms with van der Waals surface area (Å²) in [4.78, 5) is 4.09. The molecule has 17 heavy (non-hydrogen) atoms. The van der Waals surface area contributed by atoms with E-state index in [1.165, 1.54) is 12.1 Å². The minimum Gasteiger partial charge on any atom is -0.379 e. The average Bonchev–Trinajstić information content (AvgIpc) is 2.30. The van der Waals surface area contributed by atoms with Crippen LogP contribution in [0.25, 0.3) is 0 Å². The van der Waals surface area contributed by atoms with Crippen LogP contribution in [0, 0.1) is 5.82 Å². The van der Waals surface area contributed by atoms with E-state index in [0.717, 1.165) is 15.9 Å². The third-order valence-corrected chi connectivity index (χ3v) is 3.23. The smallest absolute Gasteiger partial charge is 0.129 e. The van der Waals surface area contributed by atoms with Gasteiger partial charge in [0.15, 0.2) is 0 Å². The van der Waals surface area contributed by atoms with Crippen LogP contribution in [-0.2, 0) is 6.54 Å². The molecule has 0 saturated heterocycles. The van der Waals surface area contributed by atoms with Gasteiger partial charge in [-0.05, 0) is 45.8 Å². The van der Waals surface area contributed by atoms with E-state index < -0.39 is 0 Å². The van der Waals surface area contributed by atoms with Crippen LogP contribution in [0.3, 0.4) is 0 Å². The molecule has 0 spiro atoms. The van der Waals surface area contributed by atoms with Crippen molar-refractivity contribution >= 4 is 33.2 Å². The molecule has 2 aromatic rings. The molecule has 1 aromatic carbocycles. The Hall–Kier alpha value is -1.13. The van der Waals surface area contributed by atoms with Crippen molar-refractivity contribution in [2.45, 2.75) is 6.54 Å². The van der Waals surface area contributed by atoms with Gasteiger partial charge in [-0.2, -0.15) is 0 Å². The fraction of sp³-hybridized carbons (Fsp3) is 0.0833. The summed E-state index contributed by atoms with van der Waals surface area (Å²) in [5.41, 5.74) is 1.71. The Balaban J connectivity index is 2.10.